The molecule has 4 nitrogen and oxygen atoms in total. The van der Waals surface area contributed by atoms with Crippen molar-refractivity contribution in [1.82, 2.24) is 4.90 Å². The third kappa shape index (κ3) is 3.89. The van der Waals surface area contributed by atoms with Crippen molar-refractivity contribution in [2.45, 2.75) is 6.54 Å². The molecule has 0 spiro atoms. The van der Waals surface area contributed by atoms with E-state index in [2.05, 4.69) is 21.9 Å². The smallest absolute Gasteiger partial charge is 0.160 e. The largest absolute Gasteiger partial charge is 0.504 e. The summed E-state index contributed by atoms with van der Waals surface area (Å²) in [6, 6.07) is 13.6. The molecule has 5 heteroatoms. The number of anilines is 1. The van der Waals surface area contributed by atoms with Crippen LogP contribution >= 0.6 is 11.6 Å². The average molecular weight is 333 g/mol. The number of hydrogen-bond donors (Lipinski definition) is 1. The monoisotopic (exact) mass is 332 g/mol. The lowest BCUT2D eigenvalue weighted by molar-refractivity contribution is 0.249. The van der Waals surface area contributed by atoms with Crippen molar-refractivity contribution in [3.8, 4) is 11.5 Å². The van der Waals surface area contributed by atoms with E-state index in [0.717, 1.165) is 43.3 Å². The summed E-state index contributed by atoms with van der Waals surface area (Å²) in [6.45, 7) is 4.87. The van der Waals surface area contributed by atoms with Crippen molar-refractivity contribution in [3.05, 3.63) is 53.1 Å². The standard InChI is InChI=1S/C18H21ClN2O2/c1-23-18-12-14(2-7-17(18)22)13-20-8-10-21(11-9-20)16-5-3-15(19)4-6-16/h2-7,12,22H,8-11,13H2,1H3. The number of aromatic hydroxyl groups is 1. The molecule has 1 aliphatic heterocycles. The Balaban J connectivity index is 1.58. The molecule has 0 bridgehead atoms. The Bertz CT molecular complexity index is 653. The van der Waals surface area contributed by atoms with Crippen LogP contribution in [0.1, 0.15) is 5.56 Å². The second-order valence-electron chi connectivity index (χ2n) is 5.75. The molecule has 1 aliphatic rings. The Labute approximate surface area is 141 Å². The van der Waals surface area contributed by atoms with Crippen molar-refractivity contribution >= 4 is 17.3 Å². The highest BCUT2D eigenvalue weighted by Gasteiger charge is 2.17. The van der Waals surface area contributed by atoms with Gasteiger partial charge in [-0.3, -0.25) is 4.90 Å². The highest BCUT2D eigenvalue weighted by atomic mass is 35.5. The van der Waals surface area contributed by atoms with Gasteiger partial charge in [0.15, 0.2) is 11.5 Å². The lowest BCUT2D eigenvalue weighted by Gasteiger charge is -2.36. The first kappa shape index (κ1) is 16.0. The summed E-state index contributed by atoms with van der Waals surface area (Å²) < 4.78 is 5.17. The van der Waals surface area contributed by atoms with Crippen LogP contribution in [0.3, 0.4) is 0 Å². The quantitative estimate of drug-likeness (QED) is 0.931. The van der Waals surface area contributed by atoms with Crippen LogP contribution in [-0.4, -0.2) is 43.3 Å². The Kier molecular flexibility index (Phi) is 4.94. The van der Waals surface area contributed by atoms with Crippen molar-refractivity contribution in [2.24, 2.45) is 0 Å². The summed E-state index contributed by atoms with van der Waals surface area (Å²) in [6.07, 6.45) is 0. The number of ether oxygens (including phenoxy) is 1. The zero-order valence-electron chi connectivity index (χ0n) is 13.2. The summed E-state index contributed by atoms with van der Waals surface area (Å²) in [5.74, 6) is 0.714. The van der Waals surface area contributed by atoms with Gasteiger partial charge in [-0.2, -0.15) is 0 Å². The fraction of sp³-hybridized carbons (Fsp3) is 0.333. The molecule has 122 valence electrons. The number of methoxy groups -OCH3 is 1. The molecular formula is C18H21ClN2O2. The molecule has 1 heterocycles. The van der Waals surface area contributed by atoms with Crippen LogP contribution in [0.25, 0.3) is 0 Å². The molecule has 1 saturated heterocycles. The van der Waals surface area contributed by atoms with Gasteiger partial charge in [-0.25, -0.2) is 0 Å². The lowest BCUT2D eigenvalue weighted by atomic mass is 10.1. The third-order valence-corrected chi connectivity index (χ3v) is 4.47. The zero-order valence-corrected chi connectivity index (χ0v) is 14.0. The second-order valence-corrected chi connectivity index (χ2v) is 6.18. The number of halogens is 1. The van der Waals surface area contributed by atoms with E-state index in [4.69, 9.17) is 16.3 Å². The highest BCUT2D eigenvalue weighted by molar-refractivity contribution is 6.30. The predicted octanol–water partition coefficient (Wildman–Crippen LogP) is 3.38. The van der Waals surface area contributed by atoms with Crippen LogP contribution in [-0.2, 0) is 6.54 Å². The maximum absolute atomic E-state index is 9.67. The summed E-state index contributed by atoms with van der Waals surface area (Å²) in [5.41, 5.74) is 2.37. The van der Waals surface area contributed by atoms with Gasteiger partial charge in [-0.05, 0) is 42.0 Å². The fourth-order valence-electron chi connectivity index (χ4n) is 2.89. The molecule has 0 aliphatic carbocycles. The molecule has 0 amide bonds. The molecule has 1 fully saturated rings. The van der Waals surface area contributed by atoms with Gasteiger partial charge >= 0.3 is 0 Å². The Morgan fingerprint density at radius 1 is 1.04 bits per heavy atom. The van der Waals surface area contributed by atoms with E-state index in [9.17, 15) is 5.11 Å². The highest BCUT2D eigenvalue weighted by Crippen LogP contribution is 2.27. The molecule has 0 saturated carbocycles. The van der Waals surface area contributed by atoms with Crippen LogP contribution in [0, 0.1) is 0 Å². The zero-order chi connectivity index (χ0) is 16.2. The minimum Gasteiger partial charge on any atom is -0.504 e. The first-order valence-corrected chi connectivity index (χ1v) is 8.12. The summed E-state index contributed by atoms with van der Waals surface area (Å²) in [7, 11) is 1.57. The number of rotatable bonds is 4. The maximum atomic E-state index is 9.67. The average Bonchev–Trinajstić information content (AvgIpc) is 2.58. The van der Waals surface area contributed by atoms with Gasteiger partial charge in [0, 0.05) is 43.4 Å². The predicted molar refractivity (Wildman–Crippen MR) is 93.6 cm³/mol. The molecule has 0 radical (unpaired) electrons. The van der Waals surface area contributed by atoms with Crippen LogP contribution in [0.5, 0.6) is 11.5 Å². The molecule has 2 aromatic rings. The van der Waals surface area contributed by atoms with E-state index in [1.165, 1.54) is 5.69 Å². The summed E-state index contributed by atoms with van der Waals surface area (Å²) >= 11 is 5.95. The Morgan fingerprint density at radius 3 is 2.39 bits per heavy atom. The van der Waals surface area contributed by atoms with Crippen molar-refractivity contribution in [1.29, 1.82) is 0 Å². The molecule has 1 N–H and O–H groups in total. The number of nitrogens with zero attached hydrogens (tertiary/aromatic N) is 2. The minimum absolute atomic E-state index is 0.184. The van der Waals surface area contributed by atoms with Gasteiger partial charge in [0.1, 0.15) is 0 Å². The number of hydrogen-bond acceptors (Lipinski definition) is 4. The van der Waals surface area contributed by atoms with E-state index in [1.807, 2.05) is 24.3 Å². The third-order valence-electron chi connectivity index (χ3n) is 4.21. The van der Waals surface area contributed by atoms with Crippen LogP contribution in [0.15, 0.2) is 42.5 Å². The SMILES string of the molecule is COc1cc(CN2CCN(c3ccc(Cl)cc3)CC2)ccc1O. The van der Waals surface area contributed by atoms with Crippen LogP contribution in [0.4, 0.5) is 5.69 Å². The molecule has 23 heavy (non-hydrogen) atoms. The number of piperazine rings is 1. The van der Waals surface area contributed by atoms with Crippen LogP contribution < -0.4 is 9.64 Å². The van der Waals surface area contributed by atoms with Gasteiger partial charge in [-0.15, -0.1) is 0 Å². The Morgan fingerprint density at radius 2 is 1.74 bits per heavy atom. The van der Waals surface area contributed by atoms with Gasteiger partial charge in [-0.1, -0.05) is 17.7 Å². The van der Waals surface area contributed by atoms with E-state index >= 15 is 0 Å². The van der Waals surface area contributed by atoms with Gasteiger partial charge < -0.3 is 14.7 Å². The molecule has 0 aromatic heterocycles. The molecule has 2 aromatic carbocycles. The fourth-order valence-corrected chi connectivity index (χ4v) is 3.02. The first-order valence-electron chi connectivity index (χ1n) is 7.74. The van der Waals surface area contributed by atoms with Gasteiger partial charge in [0.05, 0.1) is 7.11 Å². The molecule has 3 rings (SSSR count). The van der Waals surface area contributed by atoms with E-state index < -0.39 is 0 Å². The minimum atomic E-state index is 0.184. The second kappa shape index (κ2) is 7.11. The first-order chi connectivity index (χ1) is 11.2. The van der Waals surface area contributed by atoms with Gasteiger partial charge in [0.25, 0.3) is 0 Å². The van der Waals surface area contributed by atoms with Crippen molar-refractivity contribution in [3.63, 3.8) is 0 Å². The summed E-state index contributed by atoms with van der Waals surface area (Å²) in [5, 5.41) is 10.4. The molecule has 0 unspecified atom stereocenters. The van der Waals surface area contributed by atoms with Crippen molar-refractivity contribution in [2.75, 3.05) is 38.2 Å². The summed E-state index contributed by atoms with van der Waals surface area (Å²) in [4.78, 5) is 4.79. The van der Waals surface area contributed by atoms with E-state index in [0.29, 0.717) is 5.75 Å². The van der Waals surface area contributed by atoms with E-state index in [1.54, 1.807) is 13.2 Å². The Hall–Kier alpha value is -1.91. The number of phenols is 1. The maximum Gasteiger partial charge on any atom is 0.160 e. The van der Waals surface area contributed by atoms with Crippen molar-refractivity contribution < 1.29 is 9.84 Å². The molecular weight excluding hydrogens is 312 g/mol. The lowest BCUT2D eigenvalue weighted by Crippen LogP contribution is -2.45. The van der Waals surface area contributed by atoms with Gasteiger partial charge in [0.2, 0.25) is 0 Å². The van der Waals surface area contributed by atoms with E-state index in [-0.39, 0.29) is 5.75 Å². The normalized spacial score (nSPS) is 15.7. The number of phenolic OH excluding ortho intramolecular Hbond substituents is 1. The topological polar surface area (TPSA) is 35.9 Å². The number of benzene rings is 2. The molecule has 0 atom stereocenters. The van der Waals surface area contributed by atoms with Crippen LogP contribution in [0.2, 0.25) is 5.02 Å².